The lowest BCUT2D eigenvalue weighted by Gasteiger charge is -2.10. The van der Waals surface area contributed by atoms with Gasteiger partial charge in [0.15, 0.2) is 0 Å². The SMILES string of the molecule is Cc1cccc(-n2cc(-c3cc(Nc4ccc(OC(F)(F)F)cc4)ncn3)cn2)c1. The second-order valence-electron chi connectivity index (χ2n) is 6.50. The van der Waals surface area contributed by atoms with Crippen LogP contribution in [0, 0.1) is 6.92 Å². The first-order valence-electron chi connectivity index (χ1n) is 8.93. The summed E-state index contributed by atoms with van der Waals surface area (Å²) in [4.78, 5) is 8.44. The number of ether oxygens (including phenoxy) is 1. The number of hydrogen-bond donors (Lipinski definition) is 1. The van der Waals surface area contributed by atoms with Crippen LogP contribution in [-0.2, 0) is 0 Å². The molecule has 152 valence electrons. The normalized spacial score (nSPS) is 11.3. The zero-order valence-corrected chi connectivity index (χ0v) is 15.8. The fourth-order valence-corrected chi connectivity index (χ4v) is 2.84. The molecule has 4 aromatic rings. The van der Waals surface area contributed by atoms with Crippen molar-refractivity contribution >= 4 is 11.5 Å². The lowest BCUT2D eigenvalue weighted by Crippen LogP contribution is -2.16. The van der Waals surface area contributed by atoms with E-state index in [4.69, 9.17) is 0 Å². The summed E-state index contributed by atoms with van der Waals surface area (Å²) in [6.45, 7) is 2.01. The first-order chi connectivity index (χ1) is 14.4. The van der Waals surface area contributed by atoms with Gasteiger partial charge >= 0.3 is 6.36 Å². The van der Waals surface area contributed by atoms with Gasteiger partial charge in [0.25, 0.3) is 0 Å². The van der Waals surface area contributed by atoms with Crippen LogP contribution in [0.2, 0.25) is 0 Å². The standard InChI is InChI=1S/C21H16F3N5O/c1-14-3-2-4-17(9-14)29-12-15(11-27-29)19-10-20(26-13-25-19)28-16-5-7-18(8-6-16)30-21(22,23)24/h2-13H,1H3,(H,25,26,28). The van der Waals surface area contributed by atoms with Gasteiger partial charge < -0.3 is 10.1 Å². The van der Waals surface area contributed by atoms with Crippen LogP contribution in [0.3, 0.4) is 0 Å². The molecule has 0 radical (unpaired) electrons. The summed E-state index contributed by atoms with van der Waals surface area (Å²) in [7, 11) is 0. The van der Waals surface area contributed by atoms with Gasteiger partial charge in [0.05, 0.1) is 17.6 Å². The van der Waals surface area contributed by atoms with Crippen LogP contribution < -0.4 is 10.1 Å². The molecule has 0 fully saturated rings. The van der Waals surface area contributed by atoms with E-state index in [1.54, 1.807) is 16.9 Å². The molecule has 0 bridgehead atoms. The van der Waals surface area contributed by atoms with E-state index in [9.17, 15) is 13.2 Å². The van der Waals surface area contributed by atoms with E-state index < -0.39 is 6.36 Å². The molecule has 2 aromatic carbocycles. The molecule has 30 heavy (non-hydrogen) atoms. The van der Waals surface area contributed by atoms with E-state index in [2.05, 4.69) is 25.1 Å². The monoisotopic (exact) mass is 411 g/mol. The summed E-state index contributed by atoms with van der Waals surface area (Å²) in [5.41, 5.74) is 4.09. The number of nitrogens with zero attached hydrogens (tertiary/aromatic N) is 4. The number of benzene rings is 2. The Bertz CT molecular complexity index is 1160. The van der Waals surface area contributed by atoms with Crippen molar-refractivity contribution < 1.29 is 17.9 Å². The van der Waals surface area contributed by atoms with Gasteiger partial charge in [-0.05, 0) is 48.9 Å². The third kappa shape index (κ3) is 4.75. The minimum absolute atomic E-state index is 0.292. The Balaban J connectivity index is 1.51. The van der Waals surface area contributed by atoms with E-state index in [1.165, 1.54) is 30.6 Å². The van der Waals surface area contributed by atoms with Gasteiger partial charge in [0, 0.05) is 23.5 Å². The third-order valence-corrected chi connectivity index (χ3v) is 4.17. The number of nitrogens with one attached hydrogen (secondary N) is 1. The number of aromatic nitrogens is 4. The molecule has 0 atom stereocenters. The lowest BCUT2D eigenvalue weighted by molar-refractivity contribution is -0.274. The first-order valence-corrected chi connectivity index (χ1v) is 8.93. The first kappa shape index (κ1) is 19.4. The van der Waals surface area contributed by atoms with Crippen molar-refractivity contribution in [2.45, 2.75) is 13.3 Å². The Kier molecular flexibility index (Phi) is 5.09. The number of hydrogen-bond acceptors (Lipinski definition) is 5. The number of alkyl halides is 3. The maximum atomic E-state index is 12.3. The second-order valence-corrected chi connectivity index (χ2v) is 6.50. The predicted octanol–water partition coefficient (Wildman–Crippen LogP) is 5.28. The van der Waals surface area contributed by atoms with Crippen LogP contribution >= 0.6 is 0 Å². The predicted molar refractivity (Wildman–Crippen MR) is 106 cm³/mol. The van der Waals surface area contributed by atoms with Crippen molar-refractivity contribution in [1.29, 1.82) is 0 Å². The average Bonchev–Trinajstić information content (AvgIpc) is 3.19. The second kappa shape index (κ2) is 7.86. The number of rotatable bonds is 5. The van der Waals surface area contributed by atoms with E-state index in [-0.39, 0.29) is 5.75 Å². The van der Waals surface area contributed by atoms with Crippen molar-refractivity contribution in [3.8, 4) is 22.7 Å². The van der Waals surface area contributed by atoms with Crippen molar-refractivity contribution in [1.82, 2.24) is 19.7 Å². The van der Waals surface area contributed by atoms with Crippen LogP contribution in [0.4, 0.5) is 24.7 Å². The van der Waals surface area contributed by atoms with Crippen molar-refractivity contribution in [2.24, 2.45) is 0 Å². The summed E-state index contributed by atoms with van der Waals surface area (Å²) < 4.78 is 42.4. The highest BCUT2D eigenvalue weighted by Gasteiger charge is 2.30. The molecular formula is C21H16F3N5O. The highest BCUT2D eigenvalue weighted by atomic mass is 19.4. The molecule has 0 saturated heterocycles. The minimum atomic E-state index is -4.72. The quantitative estimate of drug-likeness (QED) is 0.484. The fourth-order valence-electron chi connectivity index (χ4n) is 2.84. The van der Waals surface area contributed by atoms with Gasteiger partial charge in [-0.25, -0.2) is 14.6 Å². The molecule has 0 unspecified atom stereocenters. The van der Waals surface area contributed by atoms with E-state index in [0.717, 1.165) is 16.8 Å². The van der Waals surface area contributed by atoms with Gasteiger partial charge in [-0.1, -0.05) is 12.1 Å². The van der Waals surface area contributed by atoms with Gasteiger partial charge in [-0.15, -0.1) is 13.2 Å². The molecule has 4 rings (SSSR count). The molecular weight excluding hydrogens is 395 g/mol. The Morgan fingerprint density at radius 2 is 1.80 bits per heavy atom. The lowest BCUT2D eigenvalue weighted by atomic mass is 10.2. The summed E-state index contributed by atoms with van der Waals surface area (Å²) in [5.74, 6) is 0.202. The number of anilines is 2. The molecule has 0 spiro atoms. The van der Waals surface area contributed by atoms with Crippen molar-refractivity contribution in [2.75, 3.05) is 5.32 Å². The molecule has 0 amide bonds. The summed E-state index contributed by atoms with van der Waals surface area (Å²) in [6.07, 6.45) is 0.254. The van der Waals surface area contributed by atoms with Crippen LogP contribution in [0.15, 0.2) is 73.3 Å². The smallest absolute Gasteiger partial charge is 0.406 e. The molecule has 6 nitrogen and oxygen atoms in total. The van der Waals surface area contributed by atoms with Gasteiger partial charge in [-0.3, -0.25) is 0 Å². The van der Waals surface area contributed by atoms with E-state index in [1.807, 2.05) is 37.4 Å². The molecule has 9 heteroatoms. The Labute approximate surface area is 170 Å². The maximum absolute atomic E-state index is 12.3. The molecule has 1 N–H and O–H groups in total. The number of aryl methyl sites for hydroxylation is 1. The Morgan fingerprint density at radius 1 is 1.00 bits per heavy atom. The molecule has 0 aliphatic rings. The molecule has 0 aliphatic heterocycles. The van der Waals surface area contributed by atoms with Crippen LogP contribution in [0.1, 0.15) is 5.56 Å². The molecule has 0 aliphatic carbocycles. The Hall–Kier alpha value is -3.88. The largest absolute Gasteiger partial charge is 0.573 e. The summed E-state index contributed by atoms with van der Waals surface area (Å²) >= 11 is 0. The van der Waals surface area contributed by atoms with Crippen LogP contribution in [-0.4, -0.2) is 26.1 Å². The molecule has 2 aromatic heterocycles. The Morgan fingerprint density at radius 3 is 2.53 bits per heavy atom. The fraction of sp³-hybridized carbons (Fsp3) is 0.0952. The van der Waals surface area contributed by atoms with Crippen molar-refractivity contribution in [3.05, 3.63) is 78.9 Å². The number of halogens is 3. The highest BCUT2D eigenvalue weighted by molar-refractivity contribution is 5.65. The molecule has 0 saturated carbocycles. The minimum Gasteiger partial charge on any atom is -0.406 e. The third-order valence-electron chi connectivity index (χ3n) is 4.17. The maximum Gasteiger partial charge on any atom is 0.573 e. The van der Waals surface area contributed by atoms with E-state index >= 15 is 0 Å². The van der Waals surface area contributed by atoms with Crippen LogP contribution in [0.25, 0.3) is 16.9 Å². The summed E-state index contributed by atoms with van der Waals surface area (Å²) in [5, 5.41) is 7.42. The highest BCUT2D eigenvalue weighted by Crippen LogP contribution is 2.26. The van der Waals surface area contributed by atoms with Gasteiger partial charge in [-0.2, -0.15) is 5.10 Å². The van der Waals surface area contributed by atoms with Crippen LogP contribution in [0.5, 0.6) is 5.75 Å². The summed E-state index contributed by atoms with van der Waals surface area (Å²) in [6, 6.07) is 15.1. The van der Waals surface area contributed by atoms with Crippen molar-refractivity contribution in [3.63, 3.8) is 0 Å². The van der Waals surface area contributed by atoms with Gasteiger partial charge in [0.1, 0.15) is 17.9 Å². The zero-order chi connectivity index (χ0) is 21.1. The van der Waals surface area contributed by atoms with E-state index in [0.29, 0.717) is 17.2 Å². The zero-order valence-electron chi connectivity index (χ0n) is 15.8. The molecule has 2 heterocycles. The topological polar surface area (TPSA) is 64.9 Å². The van der Waals surface area contributed by atoms with Gasteiger partial charge in [0.2, 0.25) is 0 Å². The average molecular weight is 411 g/mol.